The normalized spacial score (nSPS) is 11.7. The lowest BCUT2D eigenvalue weighted by atomic mass is 10.0. The molecule has 21 nitrogen and oxygen atoms in total. The SMILES string of the molecule is C1CCOC1.C1CCOC1.CCCCO.CO.COC(=O)c1ccc2nc(-c3ccccc3)c(CCCCc3cc(OC)ccc3Br)nc2c1.COC(=O)c1ccc2nc(-c3ccccc3)c(N3CCCc4cc(OC)ccc43)nc2c1.COc1ccc(Br)c(C)c1.COc1ccc(Br)c(CBr)c1.COc1ccc(Br)c(CCC#N)c1.COc1ccc(Br)c(CCCN)c1.ClC(Cl)(Cl)Cl.[B]. The van der Waals surface area contributed by atoms with Gasteiger partial charge in [0.1, 0.15) is 40.2 Å². The van der Waals surface area contributed by atoms with Crippen molar-refractivity contribution in [1.82, 2.24) is 19.9 Å². The van der Waals surface area contributed by atoms with Crippen molar-refractivity contribution in [2.45, 2.75) is 125 Å². The van der Waals surface area contributed by atoms with Crippen LogP contribution in [-0.2, 0) is 56.4 Å². The second-order valence-corrected chi connectivity index (χ2v) is 37.5. The van der Waals surface area contributed by atoms with Crippen LogP contribution in [-0.4, -0.2) is 164 Å². The number of hydrogen-bond donors (Lipinski definition) is 3. The molecule has 12 aromatic rings. The first-order valence-corrected chi connectivity index (χ1v) is 49.9. The summed E-state index contributed by atoms with van der Waals surface area (Å²) in [6, 6.07) is 68.6. The first kappa shape index (κ1) is 119. The molecule has 0 unspecified atom stereocenters. The maximum absolute atomic E-state index is 12.1. The lowest BCUT2D eigenvalue weighted by molar-refractivity contribution is 0.0592. The first-order valence-electron chi connectivity index (χ1n) is 43.3. The Labute approximate surface area is 868 Å². The standard InChI is InChI=1S/C27H25BrN2O3.C26H23N3O3.C10H14BrNO.C10H10BrNO.C8H8Br2O.C8H9BrO.2C4H8O.C4H10O.CCl4.CH4O.B/c1-32-21-13-14-22(28)19(16-21)10-6-7-11-24-26(18-8-4-3-5-9-18)30-23-15-12-20(27(31)33-2)17-25(23)29-24;1-31-20-11-13-23-18(15-20)9-6-14-29(23)25-24(17-7-4-3-5-8-17)27-21-12-10-19(26(30)32-2)16-22(21)28-25;2*1-13-9-4-5-10(11)8(7-9)3-2-6-12;1-11-7-2-3-8(10)6(4-7)5-9;1-6-5-7(10-2)3-4-8(6)9;2*1-2-4-5-3-1;1-2-3-4-5;2-1(3,4)5;1-2;/h3-5,8-9,12-17H,6-7,10-11H2,1-2H3;3-5,7-8,10-13,15-16H,6,9,14H2,1-2H3;4-5,7H,2-3,6,12H2,1H3;4-5,7H,2-3H2,1H3;2-4H,5H2,1H3;3-5H,1-2H3;2*1-4H2;5H,2-4H2,1H3;;2H,1H3;. The number of carbonyl (C=O) groups excluding carboxylic acids is 2. The van der Waals surface area contributed by atoms with E-state index in [4.69, 9.17) is 135 Å². The van der Waals surface area contributed by atoms with E-state index in [0.29, 0.717) is 35.2 Å². The highest BCUT2D eigenvalue weighted by atomic mass is 79.9. The van der Waals surface area contributed by atoms with Crippen molar-refractivity contribution in [3.8, 4) is 63.1 Å². The van der Waals surface area contributed by atoms with Gasteiger partial charge in [0.2, 0.25) is 0 Å². The van der Waals surface area contributed by atoms with Gasteiger partial charge >= 0.3 is 11.9 Å². The Morgan fingerprint density at radius 1 is 0.474 bits per heavy atom. The summed E-state index contributed by atoms with van der Waals surface area (Å²) in [6.45, 7) is 9.99. The first-order chi connectivity index (χ1) is 64.7. The van der Waals surface area contributed by atoms with Gasteiger partial charge in [0.05, 0.1) is 108 Å². The molecule has 3 aliphatic rings. The average Bonchev–Trinajstić information content (AvgIpc) is 1.42. The summed E-state index contributed by atoms with van der Waals surface area (Å²) in [5, 5.41) is 24.4. The molecule has 32 heteroatoms. The molecule has 0 atom stereocenters. The number of unbranched alkanes of at least 4 members (excludes halogenated alkanes) is 2. The molecule has 0 spiro atoms. The van der Waals surface area contributed by atoms with Crippen LogP contribution in [0.2, 0.25) is 0 Å². The van der Waals surface area contributed by atoms with Crippen LogP contribution in [0.4, 0.5) is 11.5 Å². The summed E-state index contributed by atoms with van der Waals surface area (Å²) >= 11 is 40.1. The minimum absolute atomic E-state index is 0. The molecule has 4 N–H and O–H groups in total. The number of anilines is 2. The molecule has 723 valence electrons. The van der Waals surface area contributed by atoms with E-state index < -0.39 is 9.22 Å². The number of halogens is 10. The predicted molar refractivity (Wildman–Crippen MR) is 572 cm³/mol. The van der Waals surface area contributed by atoms with E-state index in [1.54, 1.807) is 66.9 Å². The Kier molecular flexibility index (Phi) is 60.0. The van der Waals surface area contributed by atoms with Crippen LogP contribution < -0.4 is 39.1 Å². The number of nitrogens with zero attached hydrogens (tertiary/aromatic N) is 6. The molecule has 135 heavy (non-hydrogen) atoms. The second-order valence-electron chi connectivity index (χ2n) is 29.3. The molecule has 3 radical (unpaired) electrons. The van der Waals surface area contributed by atoms with Crippen molar-refractivity contribution >= 4 is 196 Å². The van der Waals surface area contributed by atoms with Gasteiger partial charge in [0.25, 0.3) is 3.25 Å². The average molecular weight is 2310 g/mol. The Hall–Kier alpha value is -8.19. The molecule has 2 aromatic heterocycles. The Balaban J connectivity index is 0.000000340. The predicted octanol–water partition coefficient (Wildman–Crippen LogP) is 27.1. The molecule has 2 fully saturated rings. The summed E-state index contributed by atoms with van der Waals surface area (Å²) in [6.07, 6.45) is 16.1. The highest BCUT2D eigenvalue weighted by molar-refractivity contribution is 9.11. The molecule has 0 amide bonds. The maximum Gasteiger partial charge on any atom is 0.337 e. The van der Waals surface area contributed by atoms with Crippen LogP contribution in [0.5, 0.6) is 34.5 Å². The molecular weight excluding hydrogens is 2190 g/mol. The fraction of sp³-hybridized carbons (Fsp3) is 0.350. The summed E-state index contributed by atoms with van der Waals surface area (Å²) in [7, 11) is 13.8. The van der Waals surface area contributed by atoms with Gasteiger partial charge in [0.15, 0.2) is 5.82 Å². The van der Waals surface area contributed by atoms with Crippen molar-refractivity contribution in [2.24, 2.45) is 5.73 Å². The molecule has 15 rings (SSSR count). The van der Waals surface area contributed by atoms with E-state index in [2.05, 4.69) is 144 Å². The van der Waals surface area contributed by atoms with E-state index in [1.165, 1.54) is 67.7 Å². The van der Waals surface area contributed by atoms with E-state index >= 15 is 0 Å². The van der Waals surface area contributed by atoms with Gasteiger partial charge in [-0.2, -0.15) is 5.26 Å². The molecule has 3 aliphatic heterocycles. The number of aryl methyl sites for hydroxylation is 6. The fourth-order valence-electron chi connectivity index (χ4n) is 12.9. The van der Waals surface area contributed by atoms with Gasteiger partial charge in [-0.15, -0.1) is 0 Å². The Morgan fingerprint density at radius 3 is 1.27 bits per heavy atom. The number of nitrogens with two attached hydrogens (primary N) is 1. The number of fused-ring (bicyclic) bond motifs is 3. The minimum atomic E-state index is -1.61. The Morgan fingerprint density at radius 2 is 0.867 bits per heavy atom. The zero-order chi connectivity index (χ0) is 98.2. The van der Waals surface area contributed by atoms with Crippen LogP contribution in [0.1, 0.15) is 137 Å². The number of aromatic nitrogens is 4. The number of alkyl halides is 5. The van der Waals surface area contributed by atoms with Gasteiger partial charge in [-0.1, -0.05) is 216 Å². The van der Waals surface area contributed by atoms with Crippen LogP contribution in [0.15, 0.2) is 229 Å². The lowest BCUT2D eigenvalue weighted by Crippen LogP contribution is -2.26. The number of aliphatic hydroxyl groups excluding tert-OH is 2. The largest absolute Gasteiger partial charge is 0.497 e. The highest BCUT2D eigenvalue weighted by Crippen LogP contribution is 2.41. The van der Waals surface area contributed by atoms with Crippen molar-refractivity contribution in [3.05, 3.63) is 279 Å². The van der Waals surface area contributed by atoms with Crippen LogP contribution in [0, 0.1) is 18.3 Å². The molecule has 10 aromatic carbocycles. The summed E-state index contributed by atoms with van der Waals surface area (Å²) in [4.78, 5) is 46.1. The van der Waals surface area contributed by atoms with Crippen LogP contribution in [0.25, 0.3) is 44.6 Å². The van der Waals surface area contributed by atoms with Crippen molar-refractivity contribution in [2.75, 3.05) is 115 Å². The van der Waals surface area contributed by atoms with Gasteiger partial charge in [-0.05, 0) is 282 Å². The maximum atomic E-state index is 12.1. The van der Waals surface area contributed by atoms with Gasteiger partial charge in [-0.25, -0.2) is 29.5 Å². The second kappa shape index (κ2) is 68.0. The van der Waals surface area contributed by atoms with Crippen LogP contribution in [0.3, 0.4) is 0 Å². The molecule has 0 bridgehead atoms. The number of ether oxygens (including phenoxy) is 10. The number of nitriles is 1. The van der Waals surface area contributed by atoms with Crippen molar-refractivity contribution in [3.63, 3.8) is 0 Å². The highest BCUT2D eigenvalue weighted by Gasteiger charge is 2.26. The van der Waals surface area contributed by atoms with Crippen LogP contribution >= 0.6 is 142 Å². The number of methoxy groups -OCH3 is 8. The zero-order valence-electron chi connectivity index (χ0n) is 78.0. The van der Waals surface area contributed by atoms with E-state index in [1.807, 2.05) is 159 Å². The summed E-state index contributed by atoms with van der Waals surface area (Å²) < 4.78 is 54.6. The Bertz CT molecular complexity index is 5510. The molecular formula is C103H119BBr6Cl4N7O14. The summed E-state index contributed by atoms with van der Waals surface area (Å²) in [5.74, 6) is 5.24. The molecule has 2 saturated heterocycles. The molecule has 5 heterocycles. The smallest absolute Gasteiger partial charge is 0.337 e. The third-order valence-corrected chi connectivity index (χ3v) is 24.5. The summed E-state index contributed by atoms with van der Waals surface area (Å²) in [5.41, 5.74) is 22.2. The monoisotopic (exact) mass is 2300 g/mol. The number of rotatable bonds is 24. The van der Waals surface area contributed by atoms with E-state index in [9.17, 15) is 9.59 Å². The number of carbonyl (C=O) groups is 2. The number of aliphatic hydroxyl groups is 2. The fourth-order valence-corrected chi connectivity index (χ4v) is 15.7. The van der Waals surface area contributed by atoms with Gasteiger partial charge < -0.3 is 68.2 Å². The third kappa shape index (κ3) is 43.4. The quantitative estimate of drug-likeness (QED) is 0.0219. The topological polar surface area (TPSA) is 272 Å². The number of esters is 2. The lowest BCUT2D eigenvalue weighted by Gasteiger charge is -2.32. The minimum Gasteiger partial charge on any atom is -0.497 e. The van der Waals surface area contributed by atoms with Crippen molar-refractivity contribution < 1.29 is 67.2 Å². The van der Waals surface area contributed by atoms with Gasteiger partial charge in [0, 0.05) is 106 Å². The molecule has 0 aliphatic carbocycles. The van der Waals surface area contributed by atoms with Crippen molar-refractivity contribution in [1.29, 1.82) is 5.26 Å². The number of hydrogen-bond acceptors (Lipinski definition) is 21. The number of benzene rings is 10. The molecule has 0 saturated carbocycles. The van der Waals surface area contributed by atoms with E-state index in [0.717, 1.165) is 236 Å². The zero-order valence-corrected chi connectivity index (χ0v) is 90.6. The van der Waals surface area contributed by atoms with Gasteiger partial charge in [-0.3, -0.25) is 0 Å². The van der Waals surface area contributed by atoms with E-state index in [-0.39, 0.29) is 14.4 Å². The third-order valence-electron chi connectivity index (χ3n) is 19.9.